The number of phenolic OH excluding ortho intramolecular Hbond substituents is 1. The molecule has 0 spiro atoms. The van der Waals surface area contributed by atoms with Crippen molar-refractivity contribution in [2.75, 3.05) is 0 Å². The third-order valence-electron chi connectivity index (χ3n) is 5.67. The summed E-state index contributed by atoms with van der Waals surface area (Å²) in [6.45, 7) is 0. The Morgan fingerprint density at radius 3 is 2.54 bits per heavy atom. The van der Waals surface area contributed by atoms with E-state index in [0.717, 1.165) is 24.0 Å². The molecule has 2 aromatic heterocycles. The lowest BCUT2D eigenvalue weighted by Crippen LogP contribution is -2.42. The van der Waals surface area contributed by atoms with Gasteiger partial charge in [0.05, 0.1) is 11.9 Å². The Morgan fingerprint density at radius 2 is 1.89 bits per heavy atom. The van der Waals surface area contributed by atoms with Gasteiger partial charge in [-0.3, -0.25) is 4.68 Å². The first-order chi connectivity index (χ1) is 13.6. The highest BCUT2D eigenvalue weighted by atomic mass is 16.5. The number of benzene rings is 1. The van der Waals surface area contributed by atoms with Gasteiger partial charge in [0, 0.05) is 42.5 Å². The number of piperidine rings is 1. The van der Waals surface area contributed by atoms with Crippen LogP contribution in [0.4, 0.5) is 0 Å². The molecule has 7 nitrogen and oxygen atoms in total. The maximum Gasteiger partial charge on any atom is 0.233 e. The topological polar surface area (TPSA) is 85.1 Å². The summed E-state index contributed by atoms with van der Waals surface area (Å²) >= 11 is 0. The summed E-state index contributed by atoms with van der Waals surface area (Å²) in [6, 6.07) is 10.4. The molecule has 3 aromatic rings. The molecule has 1 unspecified atom stereocenters. The van der Waals surface area contributed by atoms with Gasteiger partial charge in [-0.15, -0.1) is 10.2 Å². The minimum atomic E-state index is 0.166. The van der Waals surface area contributed by atoms with Crippen LogP contribution in [0.15, 0.2) is 42.7 Å². The van der Waals surface area contributed by atoms with Crippen molar-refractivity contribution in [3.8, 4) is 34.0 Å². The second-order valence-corrected chi connectivity index (χ2v) is 7.74. The van der Waals surface area contributed by atoms with Crippen LogP contribution in [0.5, 0.6) is 11.6 Å². The van der Waals surface area contributed by atoms with Gasteiger partial charge in [0.1, 0.15) is 11.9 Å². The van der Waals surface area contributed by atoms with Gasteiger partial charge in [-0.05, 0) is 49.4 Å². The van der Waals surface area contributed by atoms with Crippen LogP contribution in [-0.2, 0) is 7.05 Å². The molecule has 1 aromatic carbocycles. The van der Waals surface area contributed by atoms with Crippen LogP contribution in [-0.4, -0.2) is 43.3 Å². The van der Waals surface area contributed by atoms with E-state index in [1.54, 1.807) is 16.9 Å². The van der Waals surface area contributed by atoms with Crippen LogP contribution < -0.4 is 10.1 Å². The third-order valence-corrected chi connectivity index (χ3v) is 5.67. The van der Waals surface area contributed by atoms with Crippen molar-refractivity contribution in [1.82, 2.24) is 25.3 Å². The van der Waals surface area contributed by atoms with Gasteiger partial charge < -0.3 is 15.2 Å². The van der Waals surface area contributed by atoms with E-state index in [1.807, 2.05) is 37.5 Å². The Hall–Kier alpha value is -2.93. The highest BCUT2D eigenvalue weighted by Gasteiger charge is 2.34. The molecule has 2 saturated heterocycles. The minimum Gasteiger partial charge on any atom is -0.507 e. The summed E-state index contributed by atoms with van der Waals surface area (Å²) < 4.78 is 7.79. The monoisotopic (exact) mass is 377 g/mol. The lowest BCUT2D eigenvalue weighted by atomic mass is 10.0. The summed E-state index contributed by atoms with van der Waals surface area (Å²) in [7, 11) is 1.87. The van der Waals surface area contributed by atoms with Crippen LogP contribution >= 0.6 is 0 Å². The summed E-state index contributed by atoms with van der Waals surface area (Å²) in [4.78, 5) is 0. The van der Waals surface area contributed by atoms with E-state index < -0.39 is 0 Å². The molecule has 4 heterocycles. The van der Waals surface area contributed by atoms with Gasteiger partial charge in [-0.25, -0.2) is 0 Å². The molecule has 0 radical (unpaired) electrons. The molecule has 2 fully saturated rings. The van der Waals surface area contributed by atoms with E-state index in [4.69, 9.17) is 4.74 Å². The van der Waals surface area contributed by atoms with Crippen LogP contribution in [0.2, 0.25) is 0 Å². The van der Waals surface area contributed by atoms with Crippen LogP contribution in [0.25, 0.3) is 22.4 Å². The average molecular weight is 377 g/mol. The molecule has 0 aliphatic carbocycles. The van der Waals surface area contributed by atoms with Gasteiger partial charge in [0.2, 0.25) is 5.88 Å². The highest BCUT2D eigenvalue weighted by molar-refractivity contribution is 5.73. The van der Waals surface area contributed by atoms with Gasteiger partial charge in [0.25, 0.3) is 0 Å². The molecule has 144 valence electrons. The zero-order valence-electron chi connectivity index (χ0n) is 15.7. The fourth-order valence-corrected chi connectivity index (χ4v) is 4.30. The predicted octanol–water partition coefficient (Wildman–Crippen LogP) is 2.91. The number of rotatable bonds is 4. The zero-order chi connectivity index (χ0) is 19.1. The van der Waals surface area contributed by atoms with Crippen molar-refractivity contribution in [2.45, 2.75) is 43.9 Å². The molecule has 0 amide bonds. The van der Waals surface area contributed by atoms with Crippen molar-refractivity contribution in [3.63, 3.8) is 0 Å². The molecular formula is C21H23N5O2. The fraction of sp³-hybridized carbons (Fsp3) is 0.381. The predicted molar refractivity (Wildman–Crippen MR) is 105 cm³/mol. The number of nitrogens with zero attached hydrogens (tertiary/aromatic N) is 4. The van der Waals surface area contributed by atoms with Crippen molar-refractivity contribution < 1.29 is 9.84 Å². The molecule has 7 heteroatoms. The number of ether oxygens (including phenoxy) is 1. The van der Waals surface area contributed by atoms with Gasteiger partial charge >= 0.3 is 0 Å². The first-order valence-electron chi connectivity index (χ1n) is 9.73. The average Bonchev–Trinajstić information content (AvgIpc) is 3.27. The number of hydrogen-bond acceptors (Lipinski definition) is 6. The van der Waals surface area contributed by atoms with Crippen molar-refractivity contribution in [3.05, 3.63) is 42.7 Å². The van der Waals surface area contributed by atoms with Crippen LogP contribution in [0.3, 0.4) is 0 Å². The Balaban J connectivity index is 1.31. The highest BCUT2D eigenvalue weighted by Crippen LogP contribution is 2.33. The molecule has 3 atom stereocenters. The largest absolute Gasteiger partial charge is 0.507 e. The quantitative estimate of drug-likeness (QED) is 0.727. The maximum atomic E-state index is 10.5. The summed E-state index contributed by atoms with van der Waals surface area (Å²) in [5, 5.41) is 26.8. The van der Waals surface area contributed by atoms with Gasteiger partial charge in [-0.1, -0.05) is 6.07 Å². The van der Waals surface area contributed by atoms with Gasteiger partial charge in [-0.2, -0.15) is 5.10 Å². The molecule has 2 bridgehead atoms. The Labute approximate surface area is 163 Å². The molecule has 2 N–H and O–H groups in total. The lowest BCUT2D eigenvalue weighted by molar-refractivity contribution is 0.130. The second-order valence-electron chi connectivity index (χ2n) is 7.74. The van der Waals surface area contributed by atoms with Crippen molar-refractivity contribution in [1.29, 1.82) is 0 Å². The normalized spacial score (nSPS) is 23.7. The molecule has 2 aliphatic heterocycles. The SMILES string of the molecule is Cn1cc(-c2ccc(-c3ccc(O[C@H]4CC5CC[C@H](C4)N5)nn3)c(O)c2)cn1. The first-order valence-corrected chi connectivity index (χ1v) is 9.73. The number of aromatic nitrogens is 4. The zero-order valence-corrected chi connectivity index (χ0v) is 15.7. The Bertz CT molecular complexity index is 973. The number of hydrogen-bond donors (Lipinski definition) is 2. The third kappa shape index (κ3) is 3.33. The smallest absolute Gasteiger partial charge is 0.233 e. The minimum absolute atomic E-state index is 0.166. The van der Waals surface area contributed by atoms with E-state index in [1.165, 1.54) is 12.8 Å². The summed E-state index contributed by atoms with van der Waals surface area (Å²) in [6.07, 6.45) is 8.41. The van der Waals surface area contributed by atoms with E-state index in [0.29, 0.717) is 29.2 Å². The Kier molecular flexibility index (Phi) is 4.24. The lowest BCUT2D eigenvalue weighted by Gasteiger charge is -2.28. The van der Waals surface area contributed by atoms with Crippen LogP contribution in [0.1, 0.15) is 25.7 Å². The number of fused-ring (bicyclic) bond motifs is 2. The molecular weight excluding hydrogens is 354 g/mol. The van der Waals surface area contributed by atoms with E-state index in [-0.39, 0.29) is 11.9 Å². The summed E-state index contributed by atoms with van der Waals surface area (Å²) in [5.41, 5.74) is 3.12. The summed E-state index contributed by atoms with van der Waals surface area (Å²) in [5.74, 6) is 0.709. The van der Waals surface area contributed by atoms with Crippen LogP contribution in [0, 0.1) is 0 Å². The molecule has 0 saturated carbocycles. The molecule has 2 aliphatic rings. The first kappa shape index (κ1) is 17.2. The molecule has 5 rings (SSSR count). The molecule has 28 heavy (non-hydrogen) atoms. The number of aromatic hydroxyl groups is 1. The van der Waals surface area contributed by atoms with Gasteiger partial charge in [0.15, 0.2) is 0 Å². The van der Waals surface area contributed by atoms with E-state index in [9.17, 15) is 5.11 Å². The second kappa shape index (κ2) is 6.91. The fourth-order valence-electron chi connectivity index (χ4n) is 4.30. The number of phenols is 1. The maximum absolute atomic E-state index is 10.5. The van der Waals surface area contributed by atoms with E-state index in [2.05, 4.69) is 20.6 Å². The standard InChI is InChI=1S/C21H23N5O2/c1-26-12-14(11-22-26)13-2-5-18(20(27)8-13)19-6-7-21(25-24-19)28-17-9-15-3-4-16(10-17)23-15/h2,5-8,11-12,15-17,23,27H,3-4,9-10H2,1H3/t15-,16?,17-/m1/s1. The van der Waals surface area contributed by atoms with Crippen molar-refractivity contribution in [2.24, 2.45) is 7.05 Å². The van der Waals surface area contributed by atoms with E-state index >= 15 is 0 Å². The Morgan fingerprint density at radius 1 is 1.07 bits per heavy atom. The van der Waals surface area contributed by atoms with Crippen molar-refractivity contribution >= 4 is 0 Å². The number of aryl methyl sites for hydroxylation is 1. The number of nitrogens with one attached hydrogen (secondary N) is 1.